The molecule has 27 heavy (non-hydrogen) atoms. The molecule has 0 aliphatic rings. The highest BCUT2D eigenvalue weighted by atomic mass is 16.1. The van der Waals surface area contributed by atoms with Crippen LogP contribution in [0.5, 0.6) is 0 Å². The molecule has 0 spiro atoms. The van der Waals surface area contributed by atoms with Gasteiger partial charge >= 0.3 is 0 Å². The molecule has 1 amide bonds. The van der Waals surface area contributed by atoms with Gasteiger partial charge in [-0.2, -0.15) is 0 Å². The topological polar surface area (TPSA) is 42.0 Å². The predicted octanol–water partition coefficient (Wildman–Crippen LogP) is 6.53. The lowest BCUT2D eigenvalue weighted by molar-refractivity contribution is -0.116. The second kappa shape index (κ2) is 13.1. The molecule has 1 aromatic heterocycles. The third-order valence-corrected chi connectivity index (χ3v) is 4.90. The standard InChI is InChI=1S/C24H34N2O/c1-2-3-4-5-6-7-8-9-10-11-24(27)26-23-14-12-21(13-15-23)20-22-16-18-25-19-17-22/h12-19H,2-11,20H2,1H3,(H,26,27). The van der Waals surface area contributed by atoms with E-state index >= 15 is 0 Å². The van der Waals surface area contributed by atoms with Crippen LogP contribution in [0.3, 0.4) is 0 Å². The maximum Gasteiger partial charge on any atom is 0.224 e. The van der Waals surface area contributed by atoms with E-state index in [4.69, 9.17) is 0 Å². The summed E-state index contributed by atoms with van der Waals surface area (Å²) in [4.78, 5) is 16.1. The van der Waals surface area contributed by atoms with Gasteiger partial charge in [0.2, 0.25) is 5.91 Å². The smallest absolute Gasteiger partial charge is 0.224 e. The summed E-state index contributed by atoms with van der Waals surface area (Å²) in [5.41, 5.74) is 3.36. The highest BCUT2D eigenvalue weighted by molar-refractivity contribution is 5.90. The number of aromatic nitrogens is 1. The van der Waals surface area contributed by atoms with Crippen LogP contribution in [0.4, 0.5) is 5.69 Å². The fourth-order valence-corrected chi connectivity index (χ4v) is 3.26. The van der Waals surface area contributed by atoms with Crippen LogP contribution in [0.15, 0.2) is 48.8 Å². The molecule has 3 nitrogen and oxygen atoms in total. The summed E-state index contributed by atoms with van der Waals surface area (Å²) in [6.07, 6.45) is 16.6. The monoisotopic (exact) mass is 366 g/mol. The van der Waals surface area contributed by atoms with Crippen molar-refractivity contribution < 1.29 is 4.79 Å². The number of benzene rings is 1. The predicted molar refractivity (Wildman–Crippen MR) is 114 cm³/mol. The molecule has 0 fully saturated rings. The van der Waals surface area contributed by atoms with E-state index in [-0.39, 0.29) is 5.91 Å². The summed E-state index contributed by atoms with van der Waals surface area (Å²) in [6.45, 7) is 2.25. The number of nitrogens with zero attached hydrogens (tertiary/aromatic N) is 1. The molecule has 0 aliphatic carbocycles. The van der Waals surface area contributed by atoms with Crippen LogP contribution in [0.25, 0.3) is 0 Å². The normalized spacial score (nSPS) is 10.7. The lowest BCUT2D eigenvalue weighted by atomic mass is 10.1. The second-order valence-corrected chi connectivity index (χ2v) is 7.36. The Balaban J connectivity index is 1.57. The van der Waals surface area contributed by atoms with E-state index in [1.807, 2.05) is 36.7 Å². The van der Waals surface area contributed by atoms with Gasteiger partial charge in [-0.15, -0.1) is 0 Å². The zero-order valence-electron chi connectivity index (χ0n) is 16.8. The van der Waals surface area contributed by atoms with Crippen molar-refractivity contribution in [1.29, 1.82) is 0 Å². The molecule has 1 aromatic carbocycles. The number of anilines is 1. The lowest BCUT2D eigenvalue weighted by Crippen LogP contribution is -2.11. The minimum atomic E-state index is 0.125. The molecule has 0 saturated carbocycles. The number of carbonyl (C=O) groups is 1. The molecule has 0 saturated heterocycles. The van der Waals surface area contributed by atoms with E-state index in [9.17, 15) is 4.79 Å². The quantitative estimate of drug-likeness (QED) is 0.409. The average Bonchev–Trinajstić information content (AvgIpc) is 2.69. The minimum absolute atomic E-state index is 0.125. The van der Waals surface area contributed by atoms with Crippen LogP contribution >= 0.6 is 0 Å². The Morgan fingerprint density at radius 3 is 1.96 bits per heavy atom. The third-order valence-electron chi connectivity index (χ3n) is 4.90. The number of rotatable bonds is 13. The molecule has 2 rings (SSSR count). The van der Waals surface area contributed by atoms with Crippen molar-refractivity contribution in [1.82, 2.24) is 4.98 Å². The van der Waals surface area contributed by atoms with E-state index in [1.54, 1.807) is 0 Å². The van der Waals surface area contributed by atoms with Crippen molar-refractivity contribution in [3.8, 4) is 0 Å². The Hall–Kier alpha value is -2.16. The van der Waals surface area contributed by atoms with Crippen molar-refractivity contribution in [2.45, 2.75) is 77.6 Å². The number of unbranched alkanes of at least 4 members (excludes halogenated alkanes) is 8. The highest BCUT2D eigenvalue weighted by Gasteiger charge is 2.03. The zero-order valence-corrected chi connectivity index (χ0v) is 16.8. The zero-order chi connectivity index (χ0) is 19.2. The van der Waals surface area contributed by atoms with E-state index in [0.717, 1.165) is 24.9 Å². The van der Waals surface area contributed by atoms with Crippen LogP contribution < -0.4 is 5.32 Å². The van der Waals surface area contributed by atoms with Gasteiger partial charge in [0.1, 0.15) is 0 Å². The van der Waals surface area contributed by atoms with Crippen LogP contribution in [0.2, 0.25) is 0 Å². The molecule has 0 aliphatic heterocycles. The summed E-state index contributed by atoms with van der Waals surface area (Å²) in [5, 5.41) is 3.01. The molecular weight excluding hydrogens is 332 g/mol. The Morgan fingerprint density at radius 2 is 1.33 bits per heavy atom. The number of pyridine rings is 1. The fourth-order valence-electron chi connectivity index (χ4n) is 3.26. The van der Waals surface area contributed by atoms with Gasteiger partial charge in [0, 0.05) is 24.5 Å². The molecule has 3 heteroatoms. The number of amides is 1. The SMILES string of the molecule is CCCCCCCCCCCC(=O)Nc1ccc(Cc2ccncc2)cc1. The van der Waals surface area contributed by atoms with Crippen molar-refractivity contribution in [3.05, 3.63) is 59.9 Å². The first-order valence-electron chi connectivity index (χ1n) is 10.6. The van der Waals surface area contributed by atoms with Gasteiger partial charge in [0.25, 0.3) is 0 Å². The van der Waals surface area contributed by atoms with E-state index in [2.05, 4.69) is 29.4 Å². The molecular formula is C24H34N2O. The maximum atomic E-state index is 12.1. The largest absolute Gasteiger partial charge is 0.326 e. The first-order valence-corrected chi connectivity index (χ1v) is 10.6. The van der Waals surface area contributed by atoms with Gasteiger partial charge in [0.15, 0.2) is 0 Å². The number of nitrogens with one attached hydrogen (secondary N) is 1. The Morgan fingerprint density at radius 1 is 0.778 bits per heavy atom. The van der Waals surface area contributed by atoms with Crippen molar-refractivity contribution in [3.63, 3.8) is 0 Å². The summed E-state index contributed by atoms with van der Waals surface area (Å²) in [6, 6.07) is 12.2. The highest BCUT2D eigenvalue weighted by Crippen LogP contribution is 2.15. The van der Waals surface area contributed by atoms with Crippen LogP contribution in [-0.4, -0.2) is 10.9 Å². The van der Waals surface area contributed by atoms with Crippen molar-refractivity contribution in [2.24, 2.45) is 0 Å². The van der Waals surface area contributed by atoms with Gasteiger partial charge in [0.05, 0.1) is 0 Å². The third kappa shape index (κ3) is 9.37. The first kappa shape index (κ1) is 21.1. The number of hydrogen-bond acceptors (Lipinski definition) is 2. The summed E-state index contributed by atoms with van der Waals surface area (Å²) in [7, 11) is 0. The van der Waals surface area contributed by atoms with Gasteiger partial charge in [-0.3, -0.25) is 9.78 Å². The van der Waals surface area contributed by atoms with Crippen LogP contribution in [0.1, 0.15) is 82.3 Å². The average molecular weight is 367 g/mol. The Bertz CT molecular complexity index is 637. The summed E-state index contributed by atoms with van der Waals surface area (Å²) >= 11 is 0. The Labute approximate surface area is 164 Å². The van der Waals surface area contributed by atoms with Crippen molar-refractivity contribution >= 4 is 11.6 Å². The van der Waals surface area contributed by atoms with Crippen molar-refractivity contribution in [2.75, 3.05) is 5.32 Å². The number of hydrogen-bond donors (Lipinski definition) is 1. The van der Waals surface area contributed by atoms with Gasteiger partial charge in [-0.1, -0.05) is 70.4 Å². The maximum absolute atomic E-state index is 12.1. The van der Waals surface area contributed by atoms with Gasteiger partial charge in [-0.05, 0) is 48.2 Å². The van der Waals surface area contributed by atoms with E-state index < -0.39 is 0 Å². The van der Waals surface area contributed by atoms with Gasteiger partial charge in [-0.25, -0.2) is 0 Å². The molecule has 0 radical (unpaired) electrons. The number of carbonyl (C=O) groups excluding carboxylic acids is 1. The lowest BCUT2D eigenvalue weighted by Gasteiger charge is -2.07. The molecule has 0 unspecified atom stereocenters. The molecule has 1 N–H and O–H groups in total. The van der Waals surface area contributed by atoms with E-state index in [1.165, 1.54) is 56.1 Å². The first-order chi connectivity index (χ1) is 13.3. The summed E-state index contributed by atoms with van der Waals surface area (Å²) in [5.74, 6) is 0.125. The minimum Gasteiger partial charge on any atom is -0.326 e. The molecule has 146 valence electrons. The van der Waals surface area contributed by atoms with Crippen LogP contribution in [0, 0.1) is 0 Å². The molecule has 0 atom stereocenters. The Kier molecular flexibility index (Phi) is 10.2. The second-order valence-electron chi connectivity index (χ2n) is 7.36. The fraction of sp³-hybridized carbons (Fsp3) is 0.500. The van der Waals surface area contributed by atoms with Gasteiger partial charge < -0.3 is 5.32 Å². The molecule has 0 bridgehead atoms. The molecule has 2 aromatic rings. The summed E-state index contributed by atoms with van der Waals surface area (Å²) < 4.78 is 0. The van der Waals surface area contributed by atoms with E-state index in [0.29, 0.717) is 6.42 Å². The van der Waals surface area contributed by atoms with Crippen LogP contribution in [-0.2, 0) is 11.2 Å². The molecule has 1 heterocycles.